The molecule has 0 spiro atoms. The van der Waals surface area contributed by atoms with Gasteiger partial charge in [0, 0.05) is 24.6 Å². The Morgan fingerprint density at radius 2 is 1.38 bits per heavy atom. The lowest BCUT2D eigenvalue weighted by Gasteiger charge is -2.30. The number of nitrogens with one attached hydrogen (secondary N) is 3. The number of nitrogens with zero attached hydrogens (tertiary/aromatic N) is 4. The van der Waals surface area contributed by atoms with Crippen molar-refractivity contribution < 1.29 is 19.1 Å². The van der Waals surface area contributed by atoms with Crippen LogP contribution in [0.1, 0.15) is 103 Å². The number of likely N-dealkylation sites (tertiary alicyclic amines) is 2. The van der Waals surface area contributed by atoms with Crippen LogP contribution in [-0.4, -0.2) is 73.9 Å². The Morgan fingerprint density at radius 1 is 0.776 bits per heavy atom. The molecule has 0 radical (unpaired) electrons. The van der Waals surface area contributed by atoms with Gasteiger partial charge in [0.05, 0.1) is 42.1 Å². The average Bonchev–Trinajstić information content (AvgIpc) is 4.00. The molecule has 314 valence electrons. The minimum Gasteiger partial charge on any atom is -0.453 e. The van der Waals surface area contributed by atoms with Gasteiger partial charge in [-0.2, -0.15) is 40.5 Å². The summed E-state index contributed by atoms with van der Waals surface area (Å²) in [6.45, 7) is 11.4. The van der Waals surface area contributed by atoms with Crippen molar-refractivity contribution in [1.29, 1.82) is 0 Å². The number of amides is 3. The summed E-state index contributed by atoms with van der Waals surface area (Å²) >= 11 is 0. The number of carbonyl (C=O) groups excluding carboxylic acids is 3. The first-order chi connectivity index (χ1) is 26.0. The molecule has 58 heavy (non-hydrogen) atoms. The number of rotatable bonds is 10. The highest BCUT2D eigenvalue weighted by atomic mass is 32.1. The maximum Gasteiger partial charge on any atom is 0.407 e. The SMILES string of the molecule is C.COC(=O)N[C@H](C(=O)N1CCC[C@H]1c1ncc(-c2ccc3cc(/C=C/c4ccc5nc([C@@H]6CCCN6C(=O)[C@@H](C)C(C)C)[nH]c5c4)ccc3c2)[nH]1)C(C)C.S.S.S. The summed E-state index contributed by atoms with van der Waals surface area (Å²) in [6, 6.07) is 18.2. The second-order valence-corrected chi connectivity index (χ2v) is 15.5. The third-order valence-corrected chi connectivity index (χ3v) is 11.2. The largest absolute Gasteiger partial charge is 0.453 e. The number of benzene rings is 3. The molecule has 2 fully saturated rings. The topological polar surface area (TPSA) is 136 Å². The quantitative estimate of drug-likeness (QED) is 0.120. The zero-order valence-corrected chi connectivity index (χ0v) is 36.6. The smallest absolute Gasteiger partial charge is 0.407 e. The van der Waals surface area contributed by atoms with E-state index in [4.69, 9.17) is 14.7 Å². The fraction of sp³-hybridized carbons (Fsp3) is 0.432. The second-order valence-electron chi connectivity index (χ2n) is 15.5. The van der Waals surface area contributed by atoms with Crippen LogP contribution in [0.2, 0.25) is 0 Å². The summed E-state index contributed by atoms with van der Waals surface area (Å²) in [6.07, 6.45) is 9.03. The number of methoxy groups -OCH3 is 1. The van der Waals surface area contributed by atoms with Gasteiger partial charge in [0.1, 0.15) is 17.7 Å². The molecular weight excluding hydrogens is 787 g/mol. The zero-order valence-electron chi connectivity index (χ0n) is 33.6. The van der Waals surface area contributed by atoms with Gasteiger partial charge in [-0.3, -0.25) is 9.59 Å². The van der Waals surface area contributed by atoms with Crippen molar-refractivity contribution in [3.05, 3.63) is 83.6 Å². The molecule has 14 heteroatoms. The molecule has 2 aliphatic heterocycles. The first-order valence-electron chi connectivity index (χ1n) is 19.2. The Kier molecular flexibility index (Phi) is 17.0. The molecule has 0 bridgehead atoms. The van der Waals surface area contributed by atoms with Gasteiger partial charge in [-0.15, -0.1) is 0 Å². The molecule has 4 atom stereocenters. The van der Waals surface area contributed by atoms with E-state index in [1.165, 1.54) is 7.11 Å². The van der Waals surface area contributed by atoms with E-state index >= 15 is 0 Å². The lowest BCUT2D eigenvalue weighted by Crippen LogP contribution is -2.51. The molecule has 5 aromatic rings. The van der Waals surface area contributed by atoms with Crippen LogP contribution in [0.4, 0.5) is 4.79 Å². The zero-order chi connectivity index (χ0) is 38.1. The average molecular weight is 848 g/mol. The molecular formula is C44H61N7O4S3. The highest BCUT2D eigenvalue weighted by molar-refractivity contribution is 7.59. The maximum atomic E-state index is 13.6. The van der Waals surface area contributed by atoms with Crippen LogP contribution < -0.4 is 5.32 Å². The lowest BCUT2D eigenvalue weighted by atomic mass is 9.96. The Morgan fingerprint density at radius 3 is 2.03 bits per heavy atom. The van der Waals surface area contributed by atoms with Gasteiger partial charge >= 0.3 is 6.09 Å². The summed E-state index contributed by atoms with van der Waals surface area (Å²) in [7, 11) is 1.30. The highest BCUT2D eigenvalue weighted by Crippen LogP contribution is 2.35. The molecule has 7 rings (SSSR count). The van der Waals surface area contributed by atoms with Gasteiger partial charge in [-0.05, 0) is 83.7 Å². The number of alkyl carbamates (subject to hydrolysis) is 1. The van der Waals surface area contributed by atoms with Crippen LogP contribution >= 0.6 is 40.5 Å². The van der Waals surface area contributed by atoms with E-state index in [1.54, 1.807) is 0 Å². The number of fused-ring (bicyclic) bond motifs is 2. The number of hydrogen-bond acceptors (Lipinski definition) is 6. The van der Waals surface area contributed by atoms with Crippen LogP contribution in [-0.2, 0) is 14.3 Å². The van der Waals surface area contributed by atoms with Crippen molar-refractivity contribution in [2.45, 2.75) is 85.9 Å². The molecule has 11 nitrogen and oxygen atoms in total. The fourth-order valence-corrected chi connectivity index (χ4v) is 7.74. The predicted octanol–water partition coefficient (Wildman–Crippen LogP) is 9.25. The summed E-state index contributed by atoms with van der Waals surface area (Å²) < 4.78 is 4.76. The molecule has 3 aromatic carbocycles. The van der Waals surface area contributed by atoms with Crippen LogP contribution in [0.15, 0.2) is 60.8 Å². The van der Waals surface area contributed by atoms with E-state index in [1.807, 2.05) is 42.8 Å². The molecule has 2 aromatic heterocycles. The highest BCUT2D eigenvalue weighted by Gasteiger charge is 2.38. The van der Waals surface area contributed by atoms with Crippen molar-refractivity contribution >= 4 is 92.4 Å². The Labute approximate surface area is 363 Å². The van der Waals surface area contributed by atoms with Crippen LogP contribution in [0.25, 0.3) is 45.2 Å². The Hall–Kier alpha value is -4.40. The van der Waals surface area contributed by atoms with E-state index in [-0.39, 0.29) is 83.6 Å². The number of H-pyrrole nitrogens is 2. The van der Waals surface area contributed by atoms with E-state index < -0.39 is 12.1 Å². The number of aromatic nitrogens is 4. The van der Waals surface area contributed by atoms with Gasteiger partial charge < -0.3 is 29.8 Å². The number of aromatic amines is 2. The van der Waals surface area contributed by atoms with Gasteiger partial charge in [0.25, 0.3) is 0 Å². The summed E-state index contributed by atoms with van der Waals surface area (Å²) in [4.78, 5) is 59.2. The molecule has 3 amide bonds. The molecule has 0 saturated carbocycles. The monoisotopic (exact) mass is 847 g/mol. The molecule has 2 saturated heterocycles. The predicted molar refractivity (Wildman–Crippen MR) is 250 cm³/mol. The minimum absolute atomic E-state index is 0. The normalized spacial score (nSPS) is 17.4. The first kappa shape index (κ1) is 48.0. The van der Waals surface area contributed by atoms with Crippen molar-refractivity contribution in [1.82, 2.24) is 35.1 Å². The Bertz CT molecular complexity index is 2220. The molecule has 3 N–H and O–H groups in total. The number of carbonyl (C=O) groups is 3. The maximum absolute atomic E-state index is 13.6. The minimum atomic E-state index is -0.675. The van der Waals surface area contributed by atoms with E-state index in [2.05, 4.69) is 89.8 Å². The third-order valence-electron chi connectivity index (χ3n) is 11.2. The Balaban J connectivity index is 0.00000225. The van der Waals surface area contributed by atoms with Crippen LogP contribution in [0.3, 0.4) is 0 Å². The summed E-state index contributed by atoms with van der Waals surface area (Å²) in [5, 5.41) is 4.95. The lowest BCUT2D eigenvalue weighted by molar-refractivity contribution is -0.137. The van der Waals surface area contributed by atoms with Crippen molar-refractivity contribution in [3.63, 3.8) is 0 Å². The number of hydrogen-bond donors (Lipinski definition) is 3. The summed E-state index contributed by atoms with van der Waals surface area (Å²) in [5.74, 6) is 1.90. The van der Waals surface area contributed by atoms with Crippen LogP contribution in [0, 0.1) is 17.8 Å². The van der Waals surface area contributed by atoms with E-state index in [0.29, 0.717) is 12.5 Å². The van der Waals surface area contributed by atoms with Gasteiger partial charge in [0.15, 0.2) is 0 Å². The van der Waals surface area contributed by atoms with E-state index in [9.17, 15) is 14.4 Å². The first-order valence-corrected chi connectivity index (χ1v) is 19.2. The third kappa shape index (κ3) is 10.1. The molecule has 0 unspecified atom stereocenters. The van der Waals surface area contributed by atoms with E-state index in [0.717, 1.165) is 88.1 Å². The second kappa shape index (κ2) is 20.5. The number of imidazole rings is 2. The molecule has 2 aliphatic rings. The van der Waals surface area contributed by atoms with Crippen LogP contribution in [0.5, 0.6) is 0 Å². The fourth-order valence-electron chi connectivity index (χ4n) is 7.74. The van der Waals surface area contributed by atoms with Gasteiger partial charge in [-0.25, -0.2) is 14.8 Å². The van der Waals surface area contributed by atoms with Gasteiger partial charge in [0.2, 0.25) is 11.8 Å². The van der Waals surface area contributed by atoms with Crippen molar-refractivity contribution in [3.8, 4) is 11.3 Å². The molecule has 0 aliphatic carbocycles. The standard InChI is InChI=1S/C43H51N7O4.CH4.3H2S/c1-25(2)27(5)41(51)49-19-8-10-37(49)40-45-33-18-14-29(22-34(33)46-40)12-11-28-13-15-31-23-32(17-16-30(31)21-28)35-24-44-39(47-35)36-9-7-20-50(36)42(52)38(26(3)4)48-43(53)54-6;;;;/h11-18,21-27,36-38H,7-10,19-20H2,1-6H3,(H,44,47)(H,45,46)(H,48,53);1H4;3*1H2/b12-11+;;;;/t27-,36-,37-,38-;;;;/m0..../s1. The summed E-state index contributed by atoms with van der Waals surface area (Å²) in [5.41, 5.74) is 5.94. The van der Waals surface area contributed by atoms with Gasteiger partial charge in [-0.1, -0.05) is 84.5 Å². The number of ether oxygens (including phenoxy) is 1. The molecule has 4 heterocycles. The van der Waals surface area contributed by atoms with Crippen molar-refractivity contribution in [2.24, 2.45) is 17.8 Å². The van der Waals surface area contributed by atoms with Crippen molar-refractivity contribution in [2.75, 3.05) is 20.2 Å².